The Morgan fingerprint density at radius 1 is 1.09 bits per heavy atom. The fourth-order valence-electron chi connectivity index (χ4n) is 1.87. The lowest BCUT2D eigenvalue weighted by Gasteiger charge is -2.12. The third kappa shape index (κ3) is 3.97. The molecule has 0 heterocycles. The molecule has 22 heavy (non-hydrogen) atoms. The minimum atomic E-state index is -0.411. The van der Waals surface area contributed by atoms with Gasteiger partial charge in [-0.2, -0.15) is 0 Å². The monoisotopic (exact) mass is 304 g/mol. The number of ether oxygens (including phenoxy) is 3. The van der Waals surface area contributed by atoms with Crippen LogP contribution in [0.25, 0.3) is 0 Å². The molecule has 0 aromatic heterocycles. The Hall–Kier alpha value is -2.56. The number of carbonyl (C=O) groups is 1. The minimum absolute atomic E-state index is 0.273. The van der Waals surface area contributed by atoms with Gasteiger partial charge in [-0.05, 0) is 42.8 Å². The number of carbonyl (C=O) groups excluding carboxylic acids is 1. The highest BCUT2D eigenvalue weighted by molar-refractivity contribution is 5.90. The third-order valence-electron chi connectivity index (χ3n) is 2.98. The molecule has 0 bridgehead atoms. The van der Waals surface area contributed by atoms with E-state index in [-0.39, 0.29) is 12.4 Å². The smallest absolute Gasteiger partial charge is 0.338 e. The molecule has 0 fully saturated rings. The normalized spacial score (nSPS) is 10.1. The summed E-state index contributed by atoms with van der Waals surface area (Å²) < 4.78 is 28.7. The van der Waals surface area contributed by atoms with Crippen molar-refractivity contribution in [3.63, 3.8) is 0 Å². The van der Waals surface area contributed by atoms with Crippen LogP contribution < -0.4 is 9.47 Å². The lowest BCUT2D eigenvalue weighted by molar-refractivity contribution is 0.0526. The van der Waals surface area contributed by atoms with E-state index in [2.05, 4.69) is 0 Å². The maximum atomic E-state index is 12.8. The van der Waals surface area contributed by atoms with Crippen LogP contribution in [-0.4, -0.2) is 19.7 Å². The number of rotatable bonds is 6. The lowest BCUT2D eigenvalue weighted by atomic mass is 10.2. The minimum Gasteiger partial charge on any atom is -0.493 e. The zero-order valence-corrected chi connectivity index (χ0v) is 12.5. The van der Waals surface area contributed by atoms with E-state index in [0.29, 0.717) is 23.7 Å². The lowest BCUT2D eigenvalue weighted by Crippen LogP contribution is -2.05. The van der Waals surface area contributed by atoms with Crippen LogP contribution in [0, 0.1) is 5.82 Å². The first-order chi connectivity index (χ1) is 10.6. The van der Waals surface area contributed by atoms with Crippen LogP contribution in [0.4, 0.5) is 4.39 Å². The Kier molecular flexibility index (Phi) is 5.36. The predicted octanol–water partition coefficient (Wildman–Crippen LogP) is 3.59. The number of esters is 1. The summed E-state index contributed by atoms with van der Waals surface area (Å²) >= 11 is 0. The molecule has 0 amide bonds. The summed E-state index contributed by atoms with van der Waals surface area (Å²) in [6, 6.07) is 10.9. The molecule has 0 aliphatic heterocycles. The van der Waals surface area contributed by atoms with Crippen LogP contribution in [0.1, 0.15) is 22.8 Å². The van der Waals surface area contributed by atoms with Crippen molar-refractivity contribution in [1.82, 2.24) is 0 Å². The van der Waals surface area contributed by atoms with Crippen molar-refractivity contribution in [2.45, 2.75) is 13.5 Å². The Morgan fingerprint density at radius 3 is 2.45 bits per heavy atom. The van der Waals surface area contributed by atoms with Gasteiger partial charge in [0.15, 0.2) is 11.5 Å². The molecular weight excluding hydrogens is 287 g/mol. The number of hydrogen-bond donors (Lipinski definition) is 0. The molecule has 0 atom stereocenters. The summed E-state index contributed by atoms with van der Waals surface area (Å²) in [5.41, 5.74) is 1.23. The van der Waals surface area contributed by atoms with Gasteiger partial charge in [-0.3, -0.25) is 0 Å². The highest BCUT2D eigenvalue weighted by atomic mass is 19.1. The SMILES string of the molecule is CCOC(=O)c1ccc(OCc2ccc(F)cc2)c(OC)c1. The Morgan fingerprint density at radius 2 is 1.82 bits per heavy atom. The Balaban J connectivity index is 2.10. The van der Waals surface area contributed by atoms with Gasteiger partial charge in [0, 0.05) is 0 Å². The van der Waals surface area contributed by atoms with Gasteiger partial charge in [0.25, 0.3) is 0 Å². The molecule has 116 valence electrons. The first-order valence-corrected chi connectivity index (χ1v) is 6.86. The summed E-state index contributed by atoms with van der Waals surface area (Å²) in [6.07, 6.45) is 0. The first-order valence-electron chi connectivity index (χ1n) is 6.86. The first kappa shape index (κ1) is 15.8. The van der Waals surface area contributed by atoms with Gasteiger partial charge in [0.1, 0.15) is 12.4 Å². The van der Waals surface area contributed by atoms with Crippen LogP contribution in [-0.2, 0) is 11.3 Å². The zero-order valence-electron chi connectivity index (χ0n) is 12.5. The van der Waals surface area contributed by atoms with Gasteiger partial charge in [-0.25, -0.2) is 9.18 Å². The van der Waals surface area contributed by atoms with Gasteiger partial charge >= 0.3 is 5.97 Å². The maximum Gasteiger partial charge on any atom is 0.338 e. The maximum absolute atomic E-state index is 12.8. The molecule has 0 saturated carbocycles. The number of halogens is 1. The second kappa shape index (κ2) is 7.45. The van der Waals surface area contributed by atoms with E-state index in [4.69, 9.17) is 14.2 Å². The largest absolute Gasteiger partial charge is 0.493 e. The summed E-state index contributed by atoms with van der Waals surface area (Å²) in [5, 5.41) is 0. The van der Waals surface area contributed by atoms with E-state index in [0.717, 1.165) is 5.56 Å². The van der Waals surface area contributed by atoms with Crippen LogP contribution >= 0.6 is 0 Å². The van der Waals surface area contributed by atoms with Crippen molar-refractivity contribution in [3.8, 4) is 11.5 Å². The number of benzene rings is 2. The molecule has 0 saturated heterocycles. The molecule has 2 aromatic carbocycles. The Labute approximate surface area is 128 Å². The van der Waals surface area contributed by atoms with E-state index in [1.54, 1.807) is 37.3 Å². The van der Waals surface area contributed by atoms with Crippen LogP contribution in [0.3, 0.4) is 0 Å². The molecule has 0 N–H and O–H groups in total. The third-order valence-corrected chi connectivity index (χ3v) is 2.98. The second-order valence-electron chi connectivity index (χ2n) is 4.50. The fourth-order valence-corrected chi connectivity index (χ4v) is 1.87. The van der Waals surface area contributed by atoms with Gasteiger partial charge in [-0.1, -0.05) is 12.1 Å². The van der Waals surface area contributed by atoms with Gasteiger partial charge in [0.2, 0.25) is 0 Å². The van der Waals surface area contributed by atoms with Crippen LogP contribution in [0.5, 0.6) is 11.5 Å². The van der Waals surface area contributed by atoms with Crippen molar-refractivity contribution < 1.29 is 23.4 Å². The summed E-state index contributed by atoms with van der Waals surface area (Å²) in [6.45, 7) is 2.33. The summed E-state index contributed by atoms with van der Waals surface area (Å²) in [5.74, 6) is 0.235. The molecule has 4 nitrogen and oxygen atoms in total. The van der Waals surface area contributed by atoms with E-state index in [1.807, 2.05) is 0 Å². The highest BCUT2D eigenvalue weighted by Crippen LogP contribution is 2.29. The molecule has 2 aromatic rings. The zero-order chi connectivity index (χ0) is 15.9. The van der Waals surface area contributed by atoms with Gasteiger partial charge in [0.05, 0.1) is 19.3 Å². The van der Waals surface area contributed by atoms with Crippen molar-refractivity contribution in [2.24, 2.45) is 0 Å². The van der Waals surface area contributed by atoms with E-state index >= 15 is 0 Å². The Bertz CT molecular complexity index is 638. The predicted molar refractivity (Wildman–Crippen MR) is 79.7 cm³/mol. The van der Waals surface area contributed by atoms with E-state index in [1.165, 1.54) is 19.2 Å². The average Bonchev–Trinajstić information content (AvgIpc) is 2.54. The molecule has 0 aliphatic rings. The molecule has 2 rings (SSSR count). The topological polar surface area (TPSA) is 44.8 Å². The van der Waals surface area contributed by atoms with Gasteiger partial charge < -0.3 is 14.2 Å². The van der Waals surface area contributed by atoms with Gasteiger partial charge in [-0.15, -0.1) is 0 Å². The fraction of sp³-hybridized carbons (Fsp3) is 0.235. The molecule has 0 spiro atoms. The molecule has 5 heteroatoms. The van der Waals surface area contributed by atoms with Crippen molar-refractivity contribution >= 4 is 5.97 Å². The molecular formula is C17H17FO4. The van der Waals surface area contributed by atoms with Crippen molar-refractivity contribution in [2.75, 3.05) is 13.7 Å². The summed E-state index contributed by atoms with van der Waals surface area (Å²) in [4.78, 5) is 11.7. The molecule has 0 radical (unpaired) electrons. The quantitative estimate of drug-likeness (QED) is 0.765. The number of hydrogen-bond acceptors (Lipinski definition) is 4. The van der Waals surface area contributed by atoms with Crippen LogP contribution in [0.2, 0.25) is 0 Å². The highest BCUT2D eigenvalue weighted by Gasteiger charge is 2.12. The standard InChI is InChI=1S/C17H17FO4/c1-3-21-17(19)13-6-9-15(16(10-13)20-2)22-11-12-4-7-14(18)8-5-12/h4-10H,3,11H2,1-2H3. The van der Waals surface area contributed by atoms with Crippen molar-refractivity contribution in [1.29, 1.82) is 0 Å². The summed E-state index contributed by atoms with van der Waals surface area (Å²) in [7, 11) is 1.50. The van der Waals surface area contributed by atoms with Crippen molar-refractivity contribution in [3.05, 3.63) is 59.4 Å². The molecule has 0 unspecified atom stereocenters. The van der Waals surface area contributed by atoms with E-state index in [9.17, 15) is 9.18 Å². The molecule has 0 aliphatic carbocycles. The average molecular weight is 304 g/mol. The number of methoxy groups -OCH3 is 1. The van der Waals surface area contributed by atoms with E-state index < -0.39 is 5.97 Å². The second-order valence-corrected chi connectivity index (χ2v) is 4.50. The van der Waals surface area contributed by atoms with Crippen LogP contribution in [0.15, 0.2) is 42.5 Å².